The zero-order valence-corrected chi connectivity index (χ0v) is 21.4. The van der Waals surface area contributed by atoms with Crippen LogP contribution in [0.4, 0.5) is 10.5 Å². The minimum absolute atomic E-state index is 0.0338. The number of nitrogens with zero attached hydrogens (tertiary/aromatic N) is 2. The first-order valence-electron chi connectivity index (χ1n) is 12.1. The van der Waals surface area contributed by atoms with Gasteiger partial charge in [0.1, 0.15) is 18.9 Å². The normalized spacial score (nSPS) is 14.8. The van der Waals surface area contributed by atoms with Gasteiger partial charge in [-0.3, -0.25) is 4.79 Å². The van der Waals surface area contributed by atoms with E-state index in [4.69, 9.17) is 4.74 Å². The number of ether oxygens (including phenoxy) is 1. The van der Waals surface area contributed by atoms with Crippen LogP contribution in [-0.4, -0.2) is 48.0 Å². The number of anilines is 1. The first-order chi connectivity index (χ1) is 16.9. The van der Waals surface area contributed by atoms with E-state index in [1.165, 1.54) is 10.4 Å². The van der Waals surface area contributed by atoms with Gasteiger partial charge >= 0.3 is 6.03 Å². The summed E-state index contributed by atoms with van der Waals surface area (Å²) in [6.45, 7) is 7.59. The molecule has 1 aliphatic rings. The summed E-state index contributed by atoms with van der Waals surface area (Å²) in [6, 6.07) is 17.3. The number of carbonyl (C=O) groups is 2. The predicted octanol–water partition coefficient (Wildman–Crippen LogP) is 5.81. The Bertz CT molecular complexity index is 1140. The summed E-state index contributed by atoms with van der Waals surface area (Å²) in [5.41, 5.74) is 4.17. The standard InChI is InChI=1S/C28H33N3O3S/c1-4-15-30(28(33)29-22-9-5-20(2)6-10-22)18-27(32)31-16-13-26-24(14-17-35-26)25(31)19-34-23-11-7-21(3)8-12-23/h5-12,14,17,25H,4,13,15-16,18-19H2,1-3H3,(H,29,33). The third-order valence-corrected chi connectivity index (χ3v) is 7.25. The molecule has 3 aromatic rings. The number of nitrogens with one attached hydrogen (secondary N) is 1. The lowest BCUT2D eigenvalue weighted by molar-refractivity contribution is -0.135. The van der Waals surface area contributed by atoms with Gasteiger partial charge in [0.2, 0.25) is 5.91 Å². The lowest BCUT2D eigenvalue weighted by Gasteiger charge is -2.37. The Morgan fingerprint density at radius 2 is 1.74 bits per heavy atom. The summed E-state index contributed by atoms with van der Waals surface area (Å²) >= 11 is 1.73. The number of amides is 3. The van der Waals surface area contributed by atoms with Crippen molar-refractivity contribution in [1.29, 1.82) is 0 Å². The van der Waals surface area contributed by atoms with E-state index in [1.54, 1.807) is 16.2 Å². The molecule has 1 aliphatic heterocycles. The largest absolute Gasteiger partial charge is 0.491 e. The predicted molar refractivity (Wildman–Crippen MR) is 141 cm³/mol. The highest BCUT2D eigenvalue weighted by Gasteiger charge is 2.33. The fourth-order valence-electron chi connectivity index (χ4n) is 4.30. The molecule has 184 valence electrons. The van der Waals surface area contributed by atoms with Crippen LogP contribution in [0.3, 0.4) is 0 Å². The minimum Gasteiger partial charge on any atom is -0.491 e. The third-order valence-electron chi connectivity index (χ3n) is 6.25. The summed E-state index contributed by atoms with van der Waals surface area (Å²) in [4.78, 5) is 31.3. The number of fused-ring (bicyclic) bond motifs is 1. The van der Waals surface area contributed by atoms with Crippen molar-refractivity contribution in [3.05, 3.63) is 81.5 Å². The highest BCUT2D eigenvalue weighted by Crippen LogP contribution is 2.34. The molecule has 1 atom stereocenters. The number of thiophene rings is 1. The molecule has 1 N–H and O–H groups in total. The van der Waals surface area contributed by atoms with E-state index in [9.17, 15) is 9.59 Å². The van der Waals surface area contributed by atoms with Crippen LogP contribution in [-0.2, 0) is 11.2 Å². The molecule has 1 unspecified atom stereocenters. The minimum atomic E-state index is -0.259. The Kier molecular flexibility index (Phi) is 8.08. The second-order valence-corrected chi connectivity index (χ2v) is 9.99. The molecule has 0 saturated carbocycles. The molecule has 6 nitrogen and oxygen atoms in total. The molecule has 35 heavy (non-hydrogen) atoms. The molecule has 0 bridgehead atoms. The zero-order valence-electron chi connectivity index (χ0n) is 20.6. The van der Waals surface area contributed by atoms with Crippen LogP contribution >= 0.6 is 11.3 Å². The molecule has 0 spiro atoms. The Morgan fingerprint density at radius 3 is 2.43 bits per heavy atom. The van der Waals surface area contributed by atoms with E-state index in [-0.39, 0.29) is 24.5 Å². The number of hydrogen-bond donors (Lipinski definition) is 1. The molecule has 0 aliphatic carbocycles. The van der Waals surface area contributed by atoms with Gasteiger partial charge in [0, 0.05) is 23.7 Å². The Labute approximate surface area is 211 Å². The number of benzene rings is 2. The first-order valence-corrected chi connectivity index (χ1v) is 13.0. The molecule has 7 heteroatoms. The summed E-state index contributed by atoms with van der Waals surface area (Å²) < 4.78 is 6.11. The fraction of sp³-hybridized carbons (Fsp3) is 0.357. The van der Waals surface area contributed by atoms with Gasteiger partial charge in [0.15, 0.2) is 0 Å². The van der Waals surface area contributed by atoms with Crippen molar-refractivity contribution in [2.24, 2.45) is 0 Å². The fourth-order valence-corrected chi connectivity index (χ4v) is 5.23. The molecule has 2 heterocycles. The summed E-state index contributed by atoms with van der Waals surface area (Å²) in [5.74, 6) is 0.724. The molecule has 2 aromatic carbocycles. The second-order valence-electron chi connectivity index (χ2n) is 8.99. The maximum absolute atomic E-state index is 13.5. The number of carbonyl (C=O) groups excluding carboxylic acids is 2. The van der Waals surface area contributed by atoms with E-state index in [0.717, 1.165) is 35.4 Å². The highest BCUT2D eigenvalue weighted by atomic mass is 32.1. The van der Waals surface area contributed by atoms with E-state index in [1.807, 2.05) is 74.2 Å². The topological polar surface area (TPSA) is 61.9 Å². The molecular formula is C28H33N3O3S. The van der Waals surface area contributed by atoms with Crippen LogP contribution < -0.4 is 10.1 Å². The number of aryl methyl sites for hydroxylation is 2. The maximum Gasteiger partial charge on any atom is 0.322 e. The van der Waals surface area contributed by atoms with Gasteiger partial charge in [-0.25, -0.2) is 4.79 Å². The smallest absolute Gasteiger partial charge is 0.322 e. The number of hydrogen-bond acceptors (Lipinski definition) is 4. The van der Waals surface area contributed by atoms with Gasteiger partial charge in [-0.2, -0.15) is 0 Å². The first kappa shape index (κ1) is 24.8. The van der Waals surface area contributed by atoms with E-state index < -0.39 is 0 Å². The Balaban J connectivity index is 1.46. The average molecular weight is 492 g/mol. The van der Waals surface area contributed by atoms with Crippen molar-refractivity contribution < 1.29 is 14.3 Å². The van der Waals surface area contributed by atoms with Crippen molar-refractivity contribution in [3.8, 4) is 5.75 Å². The van der Waals surface area contributed by atoms with Crippen LogP contribution in [0, 0.1) is 13.8 Å². The van der Waals surface area contributed by atoms with Crippen LogP contribution in [0.2, 0.25) is 0 Å². The van der Waals surface area contributed by atoms with E-state index in [2.05, 4.69) is 16.8 Å². The van der Waals surface area contributed by atoms with Gasteiger partial charge < -0.3 is 19.9 Å². The third kappa shape index (κ3) is 6.22. The van der Waals surface area contributed by atoms with E-state index >= 15 is 0 Å². The van der Waals surface area contributed by atoms with Crippen LogP contribution in [0.15, 0.2) is 60.0 Å². The summed E-state index contributed by atoms with van der Waals surface area (Å²) in [7, 11) is 0. The number of urea groups is 1. The average Bonchev–Trinajstić information content (AvgIpc) is 3.34. The maximum atomic E-state index is 13.5. The monoisotopic (exact) mass is 491 g/mol. The van der Waals surface area contributed by atoms with Gasteiger partial charge in [0.05, 0.1) is 6.04 Å². The molecule has 3 amide bonds. The van der Waals surface area contributed by atoms with Crippen molar-refractivity contribution in [2.45, 2.75) is 39.7 Å². The van der Waals surface area contributed by atoms with Gasteiger partial charge in [-0.05, 0) is 68.0 Å². The van der Waals surface area contributed by atoms with Gasteiger partial charge in [-0.15, -0.1) is 11.3 Å². The molecular weight excluding hydrogens is 458 g/mol. The summed E-state index contributed by atoms with van der Waals surface area (Å²) in [6.07, 6.45) is 1.59. The van der Waals surface area contributed by atoms with Crippen molar-refractivity contribution in [2.75, 3.05) is 31.6 Å². The van der Waals surface area contributed by atoms with Crippen molar-refractivity contribution in [1.82, 2.24) is 9.80 Å². The van der Waals surface area contributed by atoms with E-state index in [0.29, 0.717) is 19.7 Å². The SMILES string of the molecule is CCCN(CC(=O)N1CCc2sccc2C1COc1ccc(C)cc1)C(=O)Nc1ccc(C)cc1. The highest BCUT2D eigenvalue weighted by molar-refractivity contribution is 7.10. The van der Waals surface area contributed by atoms with Crippen LogP contribution in [0.5, 0.6) is 5.75 Å². The van der Waals surface area contributed by atoms with Crippen molar-refractivity contribution >= 4 is 29.0 Å². The van der Waals surface area contributed by atoms with Crippen LogP contribution in [0.25, 0.3) is 0 Å². The molecule has 0 saturated heterocycles. The van der Waals surface area contributed by atoms with Gasteiger partial charge in [-0.1, -0.05) is 42.3 Å². The number of rotatable bonds is 8. The Morgan fingerprint density at radius 1 is 1.06 bits per heavy atom. The Hall–Kier alpha value is -3.32. The molecule has 4 rings (SSSR count). The second kappa shape index (κ2) is 11.4. The zero-order chi connectivity index (χ0) is 24.8. The van der Waals surface area contributed by atoms with Crippen LogP contribution in [0.1, 0.15) is 41.0 Å². The molecule has 0 fully saturated rings. The summed E-state index contributed by atoms with van der Waals surface area (Å²) in [5, 5.41) is 5.01. The lowest BCUT2D eigenvalue weighted by Crippen LogP contribution is -2.48. The van der Waals surface area contributed by atoms with Gasteiger partial charge in [0.25, 0.3) is 0 Å². The van der Waals surface area contributed by atoms with Crippen molar-refractivity contribution in [3.63, 3.8) is 0 Å². The molecule has 0 radical (unpaired) electrons. The lowest BCUT2D eigenvalue weighted by atomic mass is 10.0. The molecule has 1 aromatic heterocycles. The quantitative estimate of drug-likeness (QED) is 0.432.